The van der Waals surface area contributed by atoms with Gasteiger partial charge in [-0.15, -0.1) is 0 Å². The average Bonchev–Trinajstić information content (AvgIpc) is 3.25. The van der Waals surface area contributed by atoms with Crippen molar-refractivity contribution in [2.75, 3.05) is 9.80 Å². The van der Waals surface area contributed by atoms with Gasteiger partial charge in [-0.25, -0.2) is 9.97 Å². The molecule has 0 saturated heterocycles. The summed E-state index contributed by atoms with van der Waals surface area (Å²) in [5.41, 5.74) is 10.0. The molecule has 0 spiro atoms. The second-order valence-corrected chi connectivity index (χ2v) is 13.5. The van der Waals surface area contributed by atoms with Crippen LogP contribution < -0.4 is 9.80 Å². The molecule has 0 amide bonds. The van der Waals surface area contributed by atoms with Crippen LogP contribution in [0.2, 0.25) is 0 Å². The summed E-state index contributed by atoms with van der Waals surface area (Å²) in [6.45, 7) is 0. The van der Waals surface area contributed by atoms with Gasteiger partial charge < -0.3 is 4.90 Å². The molecule has 10 rings (SSSR count). The molecular formula is C50H34N4. The van der Waals surface area contributed by atoms with E-state index in [1.165, 1.54) is 49.2 Å². The fraction of sp³-hybridized carbons (Fsp3) is 0. The van der Waals surface area contributed by atoms with Gasteiger partial charge in [0.25, 0.3) is 0 Å². The Morgan fingerprint density at radius 2 is 0.741 bits per heavy atom. The molecule has 0 fully saturated rings. The van der Waals surface area contributed by atoms with Crippen molar-refractivity contribution >= 4 is 66.7 Å². The topological polar surface area (TPSA) is 32.3 Å². The van der Waals surface area contributed by atoms with Gasteiger partial charge in [0.2, 0.25) is 5.95 Å². The van der Waals surface area contributed by atoms with E-state index in [1.807, 2.05) is 12.1 Å². The number of hydrogen-bond acceptors (Lipinski definition) is 4. The number of para-hydroxylation sites is 2. The van der Waals surface area contributed by atoms with Crippen LogP contribution in [0.3, 0.4) is 0 Å². The molecule has 10 aromatic rings. The molecule has 0 radical (unpaired) electrons. The van der Waals surface area contributed by atoms with Crippen LogP contribution in [0.15, 0.2) is 207 Å². The first-order valence-corrected chi connectivity index (χ1v) is 18.2. The van der Waals surface area contributed by atoms with Crippen molar-refractivity contribution in [3.63, 3.8) is 0 Å². The fourth-order valence-corrected chi connectivity index (χ4v) is 7.85. The number of anilines is 6. The standard InChI is InChI=1S/C50H34N4/c1-5-14-35(15-6-1)39-32-40(36-16-7-2-8-17-36)34-43(33-39)53(41-18-9-3-10-19-41)46-28-24-37-23-27-45-47(29-25-38-22-26-44(46)48(37)49(38)45)54(42-20-11-4-12-21-42)50-51-30-13-31-52-50/h1-34H. The van der Waals surface area contributed by atoms with Crippen LogP contribution in [0.4, 0.5) is 34.4 Å². The Balaban J connectivity index is 1.23. The van der Waals surface area contributed by atoms with Crippen LogP contribution in [0.25, 0.3) is 54.6 Å². The molecule has 4 heteroatoms. The SMILES string of the molecule is c1ccc(-c2cc(-c3ccccc3)cc(N(c3ccccc3)c3ccc4ccc5c(N(c6ccccc6)c6ncccn6)ccc6ccc3c4c65)c2)cc1. The van der Waals surface area contributed by atoms with Gasteiger partial charge in [-0.2, -0.15) is 0 Å². The first-order chi connectivity index (χ1) is 26.8. The molecule has 254 valence electrons. The highest BCUT2D eigenvalue weighted by molar-refractivity contribution is 6.28. The minimum atomic E-state index is 0.627. The lowest BCUT2D eigenvalue weighted by molar-refractivity contribution is 1.08. The molecule has 0 atom stereocenters. The van der Waals surface area contributed by atoms with Crippen LogP contribution in [-0.2, 0) is 0 Å². The van der Waals surface area contributed by atoms with Crippen LogP contribution in [0.5, 0.6) is 0 Å². The predicted octanol–water partition coefficient (Wildman–Crippen LogP) is 13.6. The number of aromatic nitrogens is 2. The lowest BCUT2D eigenvalue weighted by atomic mass is 9.91. The molecule has 0 aliphatic carbocycles. The smallest absolute Gasteiger partial charge is 0.234 e. The Morgan fingerprint density at radius 3 is 1.24 bits per heavy atom. The maximum absolute atomic E-state index is 4.71. The summed E-state index contributed by atoms with van der Waals surface area (Å²) in [7, 11) is 0. The van der Waals surface area contributed by atoms with E-state index in [9.17, 15) is 0 Å². The predicted molar refractivity (Wildman–Crippen MR) is 226 cm³/mol. The van der Waals surface area contributed by atoms with E-state index in [4.69, 9.17) is 9.97 Å². The van der Waals surface area contributed by atoms with Crippen LogP contribution in [-0.4, -0.2) is 9.97 Å². The van der Waals surface area contributed by atoms with Crippen LogP contribution in [0.1, 0.15) is 0 Å². The van der Waals surface area contributed by atoms with Crippen molar-refractivity contribution in [3.8, 4) is 22.3 Å². The molecule has 0 bridgehead atoms. The highest BCUT2D eigenvalue weighted by Gasteiger charge is 2.23. The summed E-state index contributed by atoms with van der Waals surface area (Å²) in [4.78, 5) is 14.0. The lowest BCUT2D eigenvalue weighted by Gasteiger charge is -2.29. The lowest BCUT2D eigenvalue weighted by Crippen LogP contribution is -2.13. The summed E-state index contributed by atoms with van der Waals surface area (Å²) < 4.78 is 0. The van der Waals surface area contributed by atoms with E-state index in [2.05, 4.69) is 192 Å². The van der Waals surface area contributed by atoms with Gasteiger partial charge in [-0.3, -0.25) is 4.90 Å². The first kappa shape index (κ1) is 31.4. The quantitative estimate of drug-likeness (QED) is 0.149. The van der Waals surface area contributed by atoms with Crippen molar-refractivity contribution in [3.05, 3.63) is 207 Å². The number of nitrogens with zero attached hydrogens (tertiary/aromatic N) is 4. The zero-order valence-electron chi connectivity index (χ0n) is 29.4. The van der Waals surface area contributed by atoms with Gasteiger partial charge in [-0.05, 0) is 104 Å². The Hall–Kier alpha value is -7.30. The third-order valence-corrected chi connectivity index (χ3v) is 10.3. The Kier molecular flexibility index (Phi) is 7.77. The highest BCUT2D eigenvalue weighted by atomic mass is 15.3. The van der Waals surface area contributed by atoms with Gasteiger partial charge in [0.15, 0.2) is 0 Å². The van der Waals surface area contributed by atoms with E-state index >= 15 is 0 Å². The minimum absolute atomic E-state index is 0.627. The molecule has 0 N–H and O–H groups in total. The van der Waals surface area contributed by atoms with E-state index in [-0.39, 0.29) is 0 Å². The van der Waals surface area contributed by atoms with Crippen molar-refractivity contribution in [2.45, 2.75) is 0 Å². The number of hydrogen-bond donors (Lipinski definition) is 0. The van der Waals surface area contributed by atoms with E-state index in [1.54, 1.807) is 12.4 Å². The molecule has 54 heavy (non-hydrogen) atoms. The summed E-state index contributed by atoms with van der Waals surface area (Å²) in [5.74, 6) is 0.627. The molecule has 1 heterocycles. The zero-order valence-corrected chi connectivity index (χ0v) is 29.4. The van der Waals surface area contributed by atoms with Crippen molar-refractivity contribution < 1.29 is 0 Å². The third-order valence-electron chi connectivity index (χ3n) is 10.3. The van der Waals surface area contributed by atoms with Crippen molar-refractivity contribution in [1.29, 1.82) is 0 Å². The maximum Gasteiger partial charge on any atom is 0.234 e. The first-order valence-electron chi connectivity index (χ1n) is 18.2. The summed E-state index contributed by atoms with van der Waals surface area (Å²) >= 11 is 0. The maximum atomic E-state index is 4.71. The Labute approximate surface area is 314 Å². The fourth-order valence-electron chi connectivity index (χ4n) is 7.85. The molecule has 4 nitrogen and oxygen atoms in total. The normalized spacial score (nSPS) is 11.3. The largest absolute Gasteiger partial charge is 0.310 e. The van der Waals surface area contributed by atoms with Gasteiger partial charge in [0.05, 0.1) is 11.4 Å². The molecular weight excluding hydrogens is 657 g/mol. The van der Waals surface area contributed by atoms with E-state index < -0.39 is 0 Å². The average molecular weight is 691 g/mol. The molecule has 0 aliphatic heterocycles. The second-order valence-electron chi connectivity index (χ2n) is 13.5. The molecule has 9 aromatic carbocycles. The van der Waals surface area contributed by atoms with Crippen molar-refractivity contribution in [2.24, 2.45) is 0 Å². The van der Waals surface area contributed by atoms with Gasteiger partial charge >= 0.3 is 0 Å². The Bertz CT molecular complexity index is 2760. The third kappa shape index (κ3) is 5.49. The molecule has 0 aliphatic rings. The summed E-state index contributed by atoms with van der Waals surface area (Å²) in [5, 5.41) is 7.16. The van der Waals surface area contributed by atoms with Gasteiger partial charge in [-0.1, -0.05) is 133 Å². The van der Waals surface area contributed by atoms with Gasteiger partial charge in [0, 0.05) is 40.2 Å². The monoisotopic (exact) mass is 690 g/mol. The van der Waals surface area contributed by atoms with Crippen LogP contribution in [0, 0.1) is 0 Å². The summed E-state index contributed by atoms with van der Waals surface area (Å²) in [6, 6.07) is 69.3. The second kappa shape index (κ2) is 13.4. The minimum Gasteiger partial charge on any atom is -0.310 e. The van der Waals surface area contributed by atoms with Crippen molar-refractivity contribution in [1.82, 2.24) is 9.97 Å². The zero-order chi connectivity index (χ0) is 35.8. The van der Waals surface area contributed by atoms with Crippen LogP contribution >= 0.6 is 0 Å². The molecule has 0 unspecified atom stereocenters. The molecule has 0 saturated carbocycles. The van der Waals surface area contributed by atoms with E-state index in [0.29, 0.717) is 5.95 Å². The highest BCUT2D eigenvalue weighted by Crippen LogP contribution is 2.48. The number of rotatable bonds is 8. The Morgan fingerprint density at radius 1 is 0.315 bits per heavy atom. The summed E-state index contributed by atoms with van der Waals surface area (Å²) in [6.07, 6.45) is 3.60. The molecule has 1 aromatic heterocycles. The number of benzene rings is 9. The van der Waals surface area contributed by atoms with Gasteiger partial charge in [0.1, 0.15) is 0 Å². The van der Waals surface area contributed by atoms with E-state index in [0.717, 1.165) is 33.8 Å².